The topological polar surface area (TPSA) is 66.4 Å². The van der Waals surface area contributed by atoms with Gasteiger partial charge in [0.1, 0.15) is 0 Å². The van der Waals surface area contributed by atoms with E-state index >= 15 is 0 Å². The molecule has 1 N–H and O–H groups in total. The number of rotatable bonds is 3. The minimum absolute atomic E-state index is 0.477. The van der Waals surface area contributed by atoms with Gasteiger partial charge in [0.15, 0.2) is 0 Å². The molecule has 1 aromatic rings. The van der Waals surface area contributed by atoms with Crippen LogP contribution >= 0.6 is 0 Å². The molecule has 116 valence electrons. The highest BCUT2D eigenvalue weighted by Gasteiger charge is 2.29. The first-order valence-corrected chi connectivity index (χ1v) is 7.70. The number of aromatic nitrogens is 3. The van der Waals surface area contributed by atoms with E-state index in [0.29, 0.717) is 17.9 Å². The molecule has 2 fully saturated rings. The van der Waals surface area contributed by atoms with E-state index in [0.717, 1.165) is 44.7 Å². The summed E-state index contributed by atoms with van der Waals surface area (Å²) in [4.78, 5) is 18.2. The van der Waals surface area contributed by atoms with Crippen molar-refractivity contribution in [1.82, 2.24) is 15.0 Å². The predicted octanol–water partition coefficient (Wildman–Crippen LogP) is 0.985. The first-order valence-electron chi connectivity index (χ1n) is 7.70. The second-order valence-electron chi connectivity index (χ2n) is 5.95. The number of morpholine rings is 1. The number of hydrogen-bond donors (Lipinski definition) is 1. The maximum Gasteiger partial charge on any atom is 0.232 e. The molecule has 2 unspecified atom stereocenters. The van der Waals surface area contributed by atoms with E-state index in [9.17, 15) is 0 Å². The first-order chi connectivity index (χ1) is 10.2. The van der Waals surface area contributed by atoms with Gasteiger partial charge in [0.25, 0.3) is 0 Å². The second-order valence-corrected chi connectivity index (χ2v) is 5.95. The van der Waals surface area contributed by atoms with Crippen molar-refractivity contribution in [2.75, 3.05) is 55.0 Å². The van der Waals surface area contributed by atoms with E-state index in [2.05, 4.69) is 38.9 Å². The molecule has 2 atom stereocenters. The fraction of sp³-hybridized carbons (Fsp3) is 0.786. The molecule has 0 radical (unpaired) electrons. The third kappa shape index (κ3) is 3.02. The van der Waals surface area contributed by atoms with Crippen LogP contribution in [-0.4, -0.2) is 60.9 Å². The number of anilines is 3. The Balaban J connectivity index is 1.89. The van der Waals surface area contributed by atoms with E-state index in [1.54, 1.807) is 0 Å². The lowest BCUT2D eigenvalue weighted by molar-refractivity contribution is 0.122. The van der Waals surface area contributed by atoms with Crippen LogP contribution in [0.4, 0.5) is 17.8 Å². The van der Waals surface area contributed by atoms with Crippen LogP contribution in [0.2, 0.25) is 0 Å². The summed E-state index contributed by atoms with van der Waals surface area (Å²) in [6.07, 6.45) is 1.19. The van der Waals surface area contributed by atoms with Crippen molar-refractivity contribution in [3.05, 3.63) is 0 Å². The third-order valence-electron chi connectivity index (χ3n) is 4.17. The van der Waals surface area contributed by atoms with Crippen LogP contribution in [0.5, 0.6) is 0 Å². The highest BCUT2D eigenvalue weighted by atomic mass is 16.5. The number of ether oxygens (including phenoxy) is 1. The van der Waals surface area contributed by atoms with Crippen molar-refractivity contribution in [2.45, 2.75) is 26.3 Å². The molecule has 3 rings (SSSR count). The van der Waals surface area contributed by atoms with Gasteiger partial charge >= 0.3 is 0 Å². The van der Waals surface area contributed by atoms with Gasteiger partial charge in [0.2, 0.25) is 17.8 Å². The smallest absolute Gasteiger partial charge is 0.232 e. The molecule has 0 amide bonds. The Hall–Kier alpha value is -1.63. The standard InChI is InChI=1S/C14H24N6O/c1-10-8-11(2)20(9-10)14-17-12(15-3)16-13(18-14)19-4-6-21-7-5-19/h10-11H,4-9H2,1-3H3,(H,15,16,17,18). The molecular formula is C14H24N6O. The van der Waals surface area contributed by atoms with Crippen molar-refractivity contribution < 1.29 is 4.74 Å². The van der Waals surface area contributed by atoms with Crippen LogP contribution in [0.25, 0.3) is 0 Å². The molecule has 0 spiro atoms. The quantitative estimate of drug-likeness (QED) is 0.891. The molecule has 3 heterocycles. The molecule has 0 aromatic carbocycles. The summed E-state index contributed by atoms with van der Waals surface area (Å²) in [5.41, 5.74) is 0. The summed E-state index contributed by atoms with van der Waals surface area (Å²) in [6, 6.07) is 0.477. The van der Waals surface area contributed by atoms with Gasteiger partial charge < -0.3 is 19.9 Å². The van der Waals surface area contributed by atoms with E-state index in [1.165, 1.54) is 6.42 Å². The summed E-state index contributed by atoms with van der Waals surface area (Å²) in [5, 5.41) is 3.05. The zero-order valence-corrected chi connectivity index (χ0v) is 13.0. The summed E-state index contributed by atoms with van der Waals surface area (Å²) >= 11 is 0. The van der Waals surface area contributed by atoms with Crippen molar-refractivity contribution in [3.63, 3.8) is 0 Å². The maximum atomic E-state index is 5.40. The van der Waals surface area contributed by atoms with E-state index in [1.807, 2.05) is 7.05 Å². The summed E-state index contributed by atoms with van der Waals surface area (Å²) < 4.78 is 5.40. The fourth-order valence-corrected chi connectivity index (χ4v) is 3.08. The molecule has 2 saturated heterocycles. The monoisotopic (exact) mass is 292 g/mol. The van der Waals surface area contributed by atoms with Crippen molar-refractivity contribution in [2.24, 2.45) is 5.92 Å². The summed E-state index contributed by atoms with van der Waals surface area (Å²) in [5.74, 6) is 2.85. The van der Waals surface area contributed by atoms with Gasteiger partial charge in [-0.1, -0.05) is 6.92 Å². The highest BCUT2D eigenvalue weighted by Crippen LogP contribution is 2.27. The van der Waals surface area contributed by atoms with Gasteiger partial charge in [-0.25, -0.2) is 0 Å². The van der Waals surface area contributed by atoms with Gasteiger partial charge in [-0.3, -0.25) is 0 Å². The Labute approximate surface area is 125 Å². The largest absolute Gasteiger partial charge is 0.378 e. The summed E-state index contributed by atoms with van der Waals surface area (Å²) in [7, 11) is 1.85. The van der Waals surface area contributed by atoms with Gasteiger partial charge in [0.05, 0.1) is 13.2 Å². The van der Waals surface area contributed by atoms with Gasteiger partial charge in [-0.05, 0) is 19.3 Å². The van der Waals surface area contributed by atoms with E-state index in [4.69, 9.17) is 9.72 Å². The fourth-order valence-electron chi connectivity index (χ4n) is 3.08. The lowest BCUT2D eigenvalue weighted by Gasteiger charge is -2.28. The van der Waals surface area contributed by atoms with Gasteiger partial charge in [0, 0.05) is 32.7 Å². The zero-order valence-electron chi connectivity index (χ0n) is 13.0. The normalized spacial score (nSPS) is 26.2. The van der Waals surface area contributed by atoms with Crippen LogP contribution in [0.3, 0.4) is 0 Å². The molecular weight excluding hydrogens is 268 g/mol. The lowest BCUT2D eigenvalue weighted by Crippen LogP contribution is -2.38. The Bertz CT molecular complexity index is 490. The second kappa shape index (κ2) is 6.01. The Morgan fingerprint density at radius 2 is 1.81 bits per heavy atom. The summed E-state index contributed by atoms with van der Waals surface area (Å²) in [6.45, 7) is 8.65. The Kier molecular flexibility index (Phi) is 4.10. The van der Waals surface area contributed by atoms with Crippen LogP contribution < -0.4 is 15.1 Å². The number of hydrogen-bond acceptors (Lipinski definition) is 7. The molecule has 0 aliphatic carbocycles. The van der Waals surface area contributed by atoms with E-state index in [-0.39, 0.29) is 0 Å². The average Bonchev–Trinajstić information content (AvgIpc) is 2.86. The molecule has 1 aromatic heterocycles. The minimum atomic E-state index is 0.477. The SMILES string of the molecule is CNc1nc(N2CCOCC2)nc(N2CC(C)CC2C)n1. The molecule has 2 aliphatic heterocycles. The third-order valence-corrected chi connectivity index (χ3v) is 4.17. The van der Waals surface area contributed by atoms with Crippen LogP contribution in [0.15, 0.2) is 0 Å². The lowest BCUT2D eigenvalue weighted by atomic mass is 10.1. The number of nitrogens with one attached hydrogen (secondary N) is 1. The molecule has 7 heteroatoms. The molecule has 7 nitrogen and oxygen atoms in total. The van der Waals surface area contributed by atoms with E-state index < -0.39 is 0 Å². The molecule has 21 heavy (non-hydrogen) atoms. The molecule has 0 saturated carbocycles. The Morgan fingerprint density at radius 3 is 2.43 bits per heavy atom. The predicted molar refractivity (Wildman–Crippen MR) is 83.0 cm³/mol. The maximum absolute atomic E-state index is 5.40. The van der Waals surface area contributed by atoms with Crippen molar-refractivity contribution in [3.8, 4) is 0 Å². The Morgan fingerprint density at radius 1 is 1.10 bits per heavy atom. The zero-order chi connectivity index (χ0) is 14.8. The number of nitrogens with zero attached hydrogens (tertiary/aromatic N) is 5. The van der Waals surface area contributed by atoms with Crippen molar-refractivity contribution in [1.29, 1.82) is 0 Å². The minimum Gasteiger partial charge on any atom is -0.378 e. The van der Waals surface area contributed by atoms with Crippen LogP contribution in [-0.2, 0) is 4.74 Å². The van der Waals surface area contributed by atoms with Crippen LogP contribution in [0.1, 0.15) is 20.3 Å². The molecule has 2 aliphatic rings. The van der Waals surface area contributed by atoms with Gasteiger partial charge in [-0.2, -0.15) is 15.0 Å². The van der Waals surface area contributed by atoms with Gasteiger partial charge in [-0.15, -0.1) is 0 Å². The highest BCUT2D eigenvalue weighted by molar-refractivity contribution is 5.46. The average molecular weight is 292 g/mol. The van der Waals surface area contributed by atoms with Crippen LogP contribution in [0, 0.1) is 5.92 Å². The molecule has 0 bridgehead atoms. The van der Waals surface area contributed by atoms with Crippen molar-refractivity contribution >= 4 is 17.8 Å². The first kappa shape index (κ1) is 14.3.